The summed E-state index contributed by atoms with van der Waals surface area (Å²) in [5.41, 5.74) is 0.767. The number of hydrogen-bond acceptors (Lipinski definition) is 4. The molecule has 0 saturated carbocycles. The lowest BCUT2D eigenvalue weighted by Gasteiger charge is -2.17. The summed E-state index contributed by atoms with van der Waals surface area (Å²) in [6, 6.07) is -0.732. The van der Waals surface area contributed by atoms with Gasteiger partial charge in [-0.2, -0.15) is 0 Å². The van der Waals surface area contributed by atoms with Gasteiger partial charge >= 0.3 is 5.97 Å². The van der Waals surface area contributed by atoms with Crippen LogP contribution in [0.15, 0.2) is 4.42 Å². The first kappa shape index (κ1) is 8.25. The van der Waals surface area contributed by atoms with E-state index in [1.54, 1.807) is 6.92 Å². The maximum Gasteiger partial charge on any atom is 0.328 e. The van der Waals surface area contributed by atoms with Crippen molar-refractivity contribution in [3.8, 4) is 0 Å². The molecule has 0 saturated heterocycles. The first-order valence-electron chi connectivity index (χ1n) is 4.11. The van der Waals surface area contributed by atoms with Crippen molar-refractivity contribution in [3.05, 3.63) is 17.3 Å². The maximum atomic E-state index is 10.8. The predicted molar refractivity (Wildman–Crippen MR) is 43.3 cm³/mol. The number of nitrogens with zero attached hydrogens (tertiary/aromatic N) is 1. The molecular weight excluding hydrogens is 172 g/mol. The molecule has 1 unspecified atom stereocenters. The third-order valence-corrected chi connectivity index (χ3v) is 2.05. The number of carboxylic acid groups (broad SMARTS) is 1. The highest BCUT2D eigenvalue weighted by Crippen LogP contribution is 2.23. The third kappa shape index (κ3) is 1.31. The molecular formula is C8H10N2O3. The Kier molecular flexibility index (Phi) is 1.81. The van der Waals surface area contributed by atoms with Gasteiger partial charge in [-0.25, -0.2) is 4.98 Å². The van der Waals surface area contributed by atoms with Gasteiger partial charge in [0.2, 0.25) is 0 Å². The van der Waals surface area contributed by atoms with Crippen LogP contribution in [-0.4, -0.2) is 22.6 Å². The van der Waals surface area contributed by atoms with Crippen molar-refractivity contribution in [2.75, 3.05) is 6.54 Å². The van der Waals surface area contributed by atoms with Crippen molar-refractivity contribution in [1.82, 2.24) is 10.3 Å². The van der Waals surface area contributed by atoms with E-state index in [0.29, 0.717) is 18.2 Å². The third-order valence-electron chi connectivity index (χ3n) is 2.05. The molecule has 13 heavy (non-hydrogen) atoms. The Morgan fingerprint density at radius 3 is 3.23 bits per heavy atom. The van der Waals surface area contributed by atoms with E-state index in [9.17, 15) is 4.79 Å². The summed E-state index contributed by atoms with van der Waals surface area (Å²) in [4.78, 5) is 14.9. The lowest BCUT2D eigenvalue weighted by atomic mass is 10.1. The van der Waals surface area contributed by atoms with Crippen LogP contribution in [-0.2, 0) is 11.2 Å². The minimum absolute atomic E-state index is 0.455. The van der Waals surface area contributed by atoms with Crippen molar-refractivity contribution in [1.29, 1.82) is 0 Å². The average molecular weight is 182 g/mol. The molecule has 0 aromatic carbocycles. The Bertz CT molecular complexity index is 345. The minimum Gasteiger partial charge on any atom is -0.480 e. The normalized spacial score (nSPS) is 21.2. The zero-order chi connectivity index (χ0) is 9.42. The number of rotatable bonds is 1. The number of oxazole rings is 1. The van der Waals surface area contributed by atoms with Crippen LogP contribution < -0.4 is 5.32 Å². The molecule has 2 rings (SSSR count). The number of aromatic nitrogens is 1. The zero-order valence-electron chi connectivity index (χ0n) is 7.20. The van der Waals surface area contributed by atoms with E-state index in [2.05, 4.69) is 10.3 Å². The highest BCUT2D eigenvalue weighted by atomic mass is 16.4. The van der Waals surface area contributed by atoms with Crippen LogP contribution in [0.4, 0.5) is 0 Å². The summed E-state index contributed by atoms with van der Waals surface area (Å²) in [7, 11) is 0. The first-order chi connectivity index (χ1) is 6.18. The van der Waals surface area contributed by atoms with Gasteiger partial charge in [0.1, 0.15) is 0 Å². The Hall–Kier alpha value is -1.36. The Balaban J connectivity index is 2.41. The van der Waals surface area contributed by atoms with Gasteiger partial charge in [0.15, 0.2) is 17.7 Å². The fourth-order valence-corrected chi connectivity index (χ4v) is 1.52. The average Bonchev–Trinajstić information content (AvgIpc) is 2.43. The number of aryl methyl sites for hydroxylation is 1. The van der Waals surface area contributed by atoms with Gasteiger partial charge in [-0.15, -0.1) is 0 Å². The number of aliphatic carboxylic acids is 1. The van der Waals surface area contributed by atoms with E-state index in [-0.39, 0.29) is 0 Å². The second-order valence-electron chi connectivity index (χ2n) is 3.02. The monoisotopic (exact) mass is 182 g/mol. The molecule has 1 aromatic rings. The summed E-state index contributed by atoms with van der Waals surface area (Å²) in [6.07, 6.45) is 0.733. The highest BCUT2D eigenvalue weighted by molar-refractivity contribution is 5.75. The van der Waals surface area contributed by atoms with E-state index < -0.39 is 12.0 Å². The number of fused-ring (bicyclic) bond motifs is 1. The van der Waals surface area contributed by atoms with E-state index in [1.165, 1.54) is 0 Å². The number of hydrogen-bond donors (Lipinski definition) is 2. The highest BCUT2D eigenvalue weighted by Gasteiger charge is 2.30. The summed E-state index contributed by atoms with van der Waals surface area (Å²) >= 11 is 0. The molecule has 0 radical (unpaired) electrons. The van der Waals surface area contributed by atoms with Crippen LogP contribution in [0.25, 0.3) is 0 Å². The zero-order valence-corrected chi connectivity index (χ0v) is 7.20. The second kappa shape index (κ2) is 2.85. The van der Waals surface area contributed by atoms with E-state index in [1.807, 2.05) is 0 Å². The van der Waals surface area contributed by atoms with Gasteiger partial charge in [0, 0.05) is 19.9 Å². The van der Waals surface area contributed by atoms with Gasteiger partial charge in [-0.1, -0.05) is 0 Å². The van der Waals surface area contributed by atoms with Crippen molar-refractivity contribution in [3.63, 3.8) is 0 Å². The molecule has 2 heterocycles. The summed E-state index contributed by atoms with van der Waals surface area (Å²) in [5.74, 6) is 0.0632. The number of carbonyl (C=O) groups is 1. The van der Waals surface area contributed by atoms with Gasteiger partial charge < -0.3 is 9.52 Å². The lowest BCUT2D eigenvalue weighted by Crippen LogP contribution is -2.34. The predicted octanol–water partition coefficient (Wildman–Crippen LogP) is 0.254. The summed E-state index contributed by atoms with van der Waals surface area (Å²) < 4.78 is 5.23. The standard InChI is InChI=1S/C8H10N2O3/c1-4-10-5-2-3-9-6(8(11)12)7(5)13-4/h6,9H,2-3H2,1H3,(H,11,12). The molecule has 2 N–H and O–H groups in total. The minimum atomic E-state index is -0.919. The van der Waals surface area contributed by atoms with Crippen molar-refractivity contribution in [2.45, 2.75) is 19.4 Å². The van der Waals surface area contributed by atoms with E-state index in [4.69, 9.17) is 9.52 Å². The fraction of sp³-hybridized carbons (Fsp3) is 0.500. The summed E-state index contributed by atoms with van der Waals surface area (Å²) in [6.45, 7) is 2.35. The Morgan fingerprint density at radius 1 is 1.77 bits per heavy atom. The summed E-state index contributed by atoms with van der Waals surface area (Å²) in [5, 5.41) is 11.7. The van der Waals surface area contributed by atoms with Crippen LogP contribution in [0.1, 0.15) is 23.4 Å². The fourth-order valence-electron chi connectivity index (χ4n) is 1.52. The Labute approximate surface area is 74.8 Å². The van der Waals surface area contributed by atoms with E-state index in [0.717, 1.165) is 12.1 Å². The quantitative estimate of drug-likeness (QED) is 0.651. The van der Waals surface area contributed by atoms with Gasteiger partial charge in [-0.05, 0) is 0 Å². The van der Waals surface area contributed by atoms with Crippen LogP contribution in [0.5, 0.6) is 0 Å². The first-order valence-corrected chi connectivity index (χ1v) is 4.11. The van der Waals surface area contributed by atoms with E-state index >= 15 is 0 Å². The van der Waals surface area contributed by atoms with Crippen LogP contribution in [0, 0.1) is 6.92 Å². The molecule has 70 valence electrons. The van der Waals surface area contributed by atoms with Gasteiger partial charge in [0.05, 0.1) is 5.69 Å². The molecule has 0 fully saturated rings. The largest absolute Gasteiger partial charge is 0.480 e. The van der Waals surface area contributed by atoms with Crippen LogP contribution in [0.3, 0.4) is 0 Å². The molecule has 0 bridgehead atoms. The molecule has 0 amide bonds. The van der Waals surface area contributed by atoms with Crippen LogP contribution in [0.2, 0.25) is 0 Å². The van der Waals surface area contributed by atoms with Gasteiger partial charge in [-0.3, -0.25) is 10.1 Å². The molecule has 0 aliphatic carbocycles. The molecule has 1 aliphatic heterocycles. The Morgan fingerprint density at radius 2 is 2.54 bits per heavy atom. The molecule has 5 heteroatoms. The van der Waals surface area contributed by atoms with Crippen molar-refractivity contribution >= 4 is 5.97 Å². The lowest BCUT2D eigenvalue weighted by molar-refractivity contribution is -0.140. The number of nitrogens with one attached hydrogen (secondary N) is 1. The van der Waals surface area contributed by atoms with Crippen molar-refractivity contribution in [2.24, 2.45) is 0 Å². The molecule has 5 nitrogen and oxygen atoms in total. The molecule has 1 atom stereocenters. The van der Waals surface area contributed by atoms with Crippen molar-refractivity contribution < 1.29 is 14.3 Å². The van der Waals surface area contributed by atoms with Crippen LogP contribution >= 0.6 is 0 Å². The number of carboxylic acids is 1. The van der Waals surface area contributed by atoms with Gasteiger partial charge in [0.25, 0.3) is 0 Å². The SMILES string of the molecule is Cc1nc2c(o1)C(C(=O)O)NCC2. The molecule has 1 aliphatic rings. The smallest absolute Gasteiger partial charge is 0.328 e. The second-order valence-corrected chi connectivity index (χ2v) is 3.02. The topological polar surface area (TPSA) is 75.4 Å². The molecule has 1 aromatic heterocycles. The maximum absolute atomic E-state index is 10.8. The molecule has 0 spiro atoms.